The molecule has 3 heteroatoms. The van der Waals surface area contributed by atoms with E-state index < -0.39 is 22.0 Å². The maximum atomic E-state index is 13.9. The average Bonchev–Trinajstić information content (AvgIpc) is 3.41. The Hall–Kier alpha value is -2.91. The molecule has 3 aliphatic rings. The first-order valence-electron chi connectivity index (χ1n) is 11.3. The van der Waals surface area contributed by atoms with Crippen LogP contribution in [0.2, 0.25) is 0 Å². The molecule has 0 amide bonds. The molecule has 162 valence electrons. The second-order valence-corrected chi connectivity index (χ2v) is 10.5. The van der Waals surface area contributed by atoms with Crippen LogP contribution in [0.4, 0.5) is 0 Å². The van der Waals surface area contributed by atoms with Crippen LogP contribution in [0.15, 0.2) is 84.9 Å². The maximum absolute atomic E-state index is 13.9. The topological polar surface area (TPSA) is 35.5 Å². The van der Waals surface area contributed by atoms with E-state index in [-0.39, 0.29) is 11.4 Å². The average molecular weight is 425 g/mol. The second kappa shape index (κ2) is 5.90. The predicted molar refractivity (Wildman–Crippen MR) is 123 cm³/mol. The molecule has 0 radical (unpaired) electrons. The Kier molecular flexibility index (Phi) is 3.64. The van der Waals surface area contributed by atoms with Crippen LogP contribution in [0.1, 0.15) is 49.4 Å². The molecule has 2 heterocycles. The van der Waals surface area contributed by atoms with E-state index in [4.69, 9.17) is 9.47 Å². The lowest BCUT2D eigenvalue weighted by Gasteiger charge is -2.46. The number of fused-ring (bicyclic) bond motifs is 8. The molecule has 0 N–H and O–H groups in total. The van der Waals surface area contributed by atoms with Gasteiger partial charge in [0, 0.05) is 5.41 Å². The third kappa shape index (κ3) is 1.77. The van der Waals surface area contributed by atoms with Crippen molar-refractivity contribution in [3.63, 3.8) is 0 Å². The van der Waals surface area contributed by atoms with E-state index >= 15 is 0 Å². The quantitative estimate of drug-likeness (QED) is 0.498. The Morgan fingerprint density at radius 3 is 1.75 bits per heavy atom. The zero-order valence-electron chi connectivity index (χ0n) is 19.0. The van der Waals surface area contributed by atoms with Crippen LogP contribution in [-0.2, 0) is 25.5 Å². The largest absolute Gasteiger partial charge is 0.468 e. The summed E-state index contributed by atoms with van der Waals surface area (Å²) >= 11 is 0. The molecule has 2 fully saturated rings. The first-order chi connectivity index (χ1) is 15.3. The van der Waals surface area contributed by atoms with Gasteiger partial charge in [-0.15, -0.1) is 0 Å². The van der Waals surface area contributed by atoms with Gasteiger partial charge in [-0.05, 0) is 34.1 Å². The van der Waals surface area contributed by atoms with Crippen LogP contribution in [0.25, 0.3) is 0 Å². The van der Waals surface area contributed by atoms with Gasteiger partial charge in [-0.3, -0.25) is 4.79 Å². The Morgan fingerprint density at radius 2 is 1.25 bits per heavy atom. The van der Waals surface area contributed by atoms with Crippen LogP contribution in [0, 0.1) is 16.2 Å². The number of rotatable bonds is 3. The number of carbonyl (C=O) groups excluding carboxylic acids is 1. The summed E-state index contributed by atoms with van der Waals surface area (Å²) in [7, 11) is 1.51. The van der Waals surface area contributed by atoms with E-state index in [1.54, 1.807) is 0 Å². The van der Waals surface area contributed by atoms with E-state index in [1.165, 1.54) is 12.7 Å². The summed E-state index contributed by atoms with van der Waals surface area (Å²) in [6.45, 7) is 6.73. The molecule has 1 saturated heterocycles. The molecule has 3 aromatic carbocycles. The van der Waals surface area contributed by atoms with E-state index in [1.807, 2.05) is 24.3 Å². The van der Waals surface area contributed by atoms with Gasteiger partial charge in [0.15, 0.2) is 0 Å². The Labute approximate surface area is 189 Å². The summed E-state index contributed by atoms with van der Waals surface area (Å²) in [5, 5.41) is 0. The number of esters is 1. The third-order valence-corrected chi connectivity index (χ3v) is 8.50. The van der Waals surface area contributed by atoms with Crippen LogP contribution >= 0.6 is 0 Å². The number of ether oxygens (including phenoxy) is 2. The molecule has 32 heavy (non-hydrogen) atoms. The van der Waals surface area contributed by atoms with Gasteiger partial charge in [-0.1, -0.05) is 106 Å². The summed E-state index contributed by atoms with van der Waals surface area (Å²) in [5.41, 5.74) is 1.24. The predicted octanol–water partition coefficient (Wildman–Crippen LogP) is 5.81. The zero-order chi connectivity index (χ0) is 22.4. The fourth-order valence-electron chi connectivity index (χ4n) is 7.54. The minimum absolute atomic E-state index is 0.177. The molecule has 3 aromatic rings. The zero-order valence-corrected chi connectivity index (χ0v) is 19.0. The first kappa shape index (κ1) is 19.8. The summed E-state index contributed by atoms with van der Waals surface area (Å²) in [5.74, 6) is -0.177. The van der Waals surface area contributed by atoms with Crippen molar-refractivity contribution in [3.05, 3.63) is 107 Å². The molecule has 4 atom stereocenters. The summed E-state index contributed by atoms with van der Waals surface area (Å²) in [6, 6.07) is 29.2. The van der Waals surface area contributed by atoms with Gasteiger partial charge in [-0.25, -0.2) is 0 Å². The highest BCUT2D eigenvalue weighted by Gasteiger charge is 2.99. The van der Waals surface area contributed by atoms with E-state index in [9.17, 15) is 4.79 Å². The SMILES string of the molecule is COC(=O)C12CC1(C(C)(C)C)[C@@]1(c3ccccc3)O[C@]2(c2ccccc2)c2ccccc21. The van der Waals surface area contributed by atoms with Crippen molar-refractivity contribution in [2.24, 2.45) is 16.2 Å². The monoisotopic (exact) mass is 424 g/mol. The summed E-state index contributed by atoms with van der Waals surface area (Å²) < 4.78 is 13.0. The van der Waals surface area contributed by atoms with Crippen LogP contribution < -0.4 is 0 Å². The summed E-state index contributed by atoms with van der Waals surface area (Å²) in [6.07, 6.45) is 0.717. The summed E-state index contributed by atoms with van der Waals surface area (Å²) in [4.78, 5) is 13.9. The highest BCUT2D eigenvalue weighted by Crippen LogP contribution is 2.94. The van der Waals surface area contributed by atoms with Gasteiger partial charge in [0.2, 0.25) is 0 Å². The van der Waals surface area contributed by atoms with Gasteiger partial charge in [0.25, 0.3) is 0 Å². The van der Waals surface area contributed by atoms with Gasteiger partial charge < -0.3 is 9.47 Å². The molecule has 2 unspecified atom stereocenters. The molecule has 3 nitrogen and oxygen atoms in total. The molecule has 2 bridgehead atoms. The second-order valence-electron chi connectivity index (χ2n) is 10.5. The molecule has 1 aliphatic carbocycles. The van der Waals surface area contributed by atoms with E-state index in [0.29, 0.717) is 6.42 Å². The van der Waals surface area contributed by atoms with Crippen molar-refractivity contribution in [1.29, 1.82) is 0 Å². The van der Waals surface area contributed by atoms with Gasteiger partial charge >= 0.3 is 5.97 Å². The van der Waals surface area contributed by atoms with Crippen molar-refractivity contribution in [1.82, 2.24) is 0 Å². The standard InChI is InChI=1S/C29H28O3/c1-25(2,3)27-19-26(27,24(30)31-4)28(20-13-7-5-8-14-20)22-17-11-12-18-23(22)29(27,32-28)21-15-9-6-10-16-21/h5-18H,19H2,1-4H3/t26?,27?,28-,29+/m1/s1. The number of hydrogen-bond acceptors (Lipinski definition) is 3. The molecule has 0 aromatic heterocycles. The van der Waals surface area contributed by atoms with Gasteiger partial charge in [-0.2, -0.15) is 0 Å². The minimum Gasteiger partial charge on any atom is -0.468 e. The third-order valence-electron chi connectivity index (χ3n) is 8.50. The molecule has 2 aliphatic heterocycles. The van der Waals surface area contributed by atoms with Crippen molar-refractivity contribution >= 4 is 5.97 Å². The Morgan fingerprint density at radius 1 is 0.781 bits per heavy atom. The fraction of sp³-hybridized carbons (Fsp3) is 0.345. The molecule has 1 saturated carbocycles. The van der Waals surface area contributed by atoms with Crippen LogP contribution in [0.3, 0.4) is 0 Å². The van der Waals surface area contributed by atoms with Crippen LogP contribution in [0.5, 0.6) is 0 Å². The number of methoxy groups -OCH3 is 1. The highest BCUT2D eigenvalue weighted by molar-refractivity contribution is 5.90. The van der Waals surface area contributed by atoms with Crippen molar-refractivity contribution < 1.29 is 14.3 Å². The first-order valence-corrected chi connectivity index (χ1v) is 11.3. The number of carbonyl (C=O) groups is 1. The van der Waals surface area contributed by atoms with Crippen molar-refractivity contribution in [2.45, 2.75) is 38.4 Å². The molecule has 6 rings (SSSR count). The lowest BCUT2D eigenvalue weighted by Crippen LogP contribution is -2.49. The Balaban J connectivity index is 1.82. The lowest BCUT2D eigenvalue weighted by atomic mass is 9.53. The normalized spacial score (nSPS) is 34.0. The van der Waals surface area contributed by atoms with Gasteiger partial charge in [0.05, 0.1) is 7.11 Å². The van der Waals surface area contributed by atoms with E-state index in [0.717, 1.165) is 16.7 Å². The highest BCUT2D eigenvalue weighted by atomic mass is 16.6. The van der Waals surface area contributed by atoms with Gasteiger partial charge in [0.1, 0.15) is 16.6 Å². The molecule has 0 spiro atoms. The maximum Gasteiger partial charge on any atom is 0.316 e. The molecular formula is C29H28O3. The molecular weight excluding hydrogens is 396 g/mol. The van der Waals surface area contributed by atoms with Crippen LogP contribution in [-0.4, -0.2) is 13.1 Å². The fourth-order valence-corrected chi connectivity index (χ4v) is 7.54. The smallest absolute Gasteiger partial charge is 0.316 e. The lowest BCUT2D eigenvalue weighted by molar-refractivity contribution is -0.158. The number of benzene rings is 3. The minimum atomic E-state index is -0.902. The van der Waals surface area contributed by atoms with Crippen molar-refractivity contribution in [3.8, 4) is 0 Å². The number of hydrogen-bond donors (Lipinski definition) is 0. The Bertz CT molecular complexity index is 1230. The van der Waals surface area contributed by atoms with Crippen molar-refractivity contribution in [2.75, 3.05) is 7.11 Å². The van der Waals surface area contributed by atoms with E-state index in [2.05, 4.69) is 81.4 Å².